The number of aromatic nitrogens is 2. The van der Waals surface area contributed by atoms with Crippen LogP contribution in [-0.4, -0.2) is 88.6 Å². The summed E-state index contributed by atoms with van der Waals surface area (Å²) in [7, 11) is 3.39. The first-order valence-electron chi connectivity index (χ1n) is 15.0. The van der Waals surface area contributed by atoms with Crippen molar-refractivity contribution in [3.63, 3.8) is 0 Å². The highest BCUT2D eigenvalue weighted by Crippen LogP contribution is 2.35. The van der Waals surface area contributed by atoms with Crippen molar-refractivity contribution in [2.45, 2.75) is 83.3 Å². The number of aromatic hydroxyl groups is 1. The fourth-order valence-corrected chi connectivity index (χ4v) is 6.63. The van der Waals surface area contributed by atoms with E-state index in [0.29, 0.717) is 65.0 Å². The Bertz CT molecular complexity index is 1220. The smallest absolute Gasteiger partial charge is 0.334 e. The van der Waals surface area contributed by atoms with Gasteiger partial charge in [0, 0.05) is 45.7 Å². The van der Waals surface area contributed by atoms with Crippen LogP contribution in [-0.2, 0) is 20.9 Å². The van der Waals surface area contributed by atoms with E-state index in [1.165, 1.54) is 14.0 Å². The summed E-state index contributed by atoms with van der Waals surface area (Å²) in [4.78, 5) is 59.7. The number of nitrogens with zero attached hydrogens (tertiary/aromatic N) is 5. The van der Waals surface area contributed by atoms with Crippen LogP contribution in [0.15, 0.2) is 14.6 Å². The molecule has 1 atom stereocenters. The molecule has 3 fully saturated rings. The third-order valence-corrected chi connectivity index (χ3v) is 9.02. The lowest BCUT2D eigenvalue weighted by atomic mass is 9.81. The van der Waals surface area contributed by atoms with E-state index in [2.05, 4.69) is 4.99 Å². The monoisotopic (exact) mass is 574 g/mol. The van der Waals surface area contributed by atoms with Gasteiger partial charge in [-0.1, -0.05) is 12.8 Å². The van der Waals surface area contributed by atoms with E-state index in [9.17, 15) is 24.3 Å². The van der Waals surface area contributed by atoms with Gasteiger partial charge in [0.15, 0.2) is 0 Å². The van der Waals surface area contributed by atoms with E-state index in [0.717, 1.165) is 32.1 Å². The Morgan fingerprint density at radius 3 is 2.29 bits per heavy atom. The molecule has 3 N–H and O–H groups in total. The number of hydrogen-bond acceptors (Lipinski definition) is 7. The molecule has 1 unspecified atom stereocenters. The number of amides is 2. The van der Waals surface area contributed by atoms with Crippen molar-refractivity contribution < 1.29 is 19.4 Å². The number of nitrogens with two attached hydrogens (primary N) is 1. The molecule has 2 saturated carbocycles. The van der Waals surface area contributed by atoms with Crippen LogP contribution in [0.1, 0.15) is 76.3 Å². The lowest BCUT2D eigenvalue weighted by molar-refractivity contribution is -0.142. The molecule has 0 aromatic carbocycles. The standard InChI is InChI=1S/C29H46N6O6/c1-4-31-25(30)24-27(38)34(15-20-7-5-6-8-20)29(40)35(28(24)39)22-11-9-19(10-12-22)13-23(26(37)32(2)3)33(18-36)14-21-16-41-17-21/h18-23,38H,4-17H2,1-3H3,(H2,30,31). The van der Waals surface area contributed by atoms with Crippen molar-refractivity contribution in [2.24, 2.45) is 28.5 Å². The first kappa shape index (κ1) is 30.8. The molecule has 0 bridgehead atoms. The second-order valence-corrected chi connectivity index (χ2v) is 12.1. The average molecular weight is 575 g/mol. The summed E-state index contributed by atoms with van der Waals surface area (Å²) in [6, 6.07) is -0.923. The summed E-state index contributed by atoms with van der Waals surface area (Å²) in [5, 5.41) is 11.0. The number of amidine groups is 1. The van der Waals surface area contributed by atoms with Gasteiger partial charge in [-0.15, -0.1) is 0 Å². The summed E-state index contributed by atoms with van der Waals surface area (Å²) in [5.74, 6) is 0.0742. The number of carbonyl (C=O) groups is 2. The number of aliphatic imine (C=N–C) groups is 1. The summed E-state index contributed by atoms with van der Waals surface area (Å²) in [5.41, 5.74) is 4.91. The topological polar surface area (TPSA) is 152 Å². The quantitative estimate of drug-likeness (QED) is 0.217. The fraction of sp³-hybridized carbons (Fsp3) is 0.759. The Morgan fingerprint density at radius 1 is 1.10 bits per heavy atom. The van der Waals surface area contributed by atoms with Gasteiger partial charge in [-0.3, -0.25) is 28.5 Å². The molecule has 4 rings (SSSR count). The zero-order chi connectivity index (χ0) is 29.7. The Labute approximate surface area is 241 Å². The molecule has 41 heavy (non-hydrogen) atoms. The maximum Gasteiger partial charge on any atom is 0.334 e. The first-order chi connectivity index (χ1) is 19.7. The van der Waals surface area contributed by atoms with Gasteiger partial charge >= 0.3 is 5.69 Å². The molecule has 0 spiro atoms. The molecule has 1 saturated heterocycles. The van der Waals surface area contributed by atoms with Crippen molar-refractivity contribution in [1.29, 1.82) is 0 Å². The van der Waals surface area contributed by atoms with E-state index >= 15 is 0 Å². The number of carbonyl (C=O) groups excluding carboxylic acids is 2. The summed E-state index contributed by atoms with van der Waals surface area (Å²) in [6.45, 7) is 4.14. The van der Waals surface area contributed by atoms with Gasteiger partial charge in [0.2, 0.25) is 18.2 Å². The van der Waals surface area contributed by atoms with Crippen LogP contribution < -0.4 is 17.0 Å². The van der Waals surface area contributed by atoms with Gasteiger partial charge in [0.25, 0.3) is 5.56 Å². The molecule has 228 valence electrons. The molecular weight excluding hydrogens is 528 g/mol. The lowest BCUT2D eigenvalue weighted by Crippen LogP contribution is -2.51. The maximum absolute atomic E-state index is 13.7. The summed E-state index contributed by atoms with van der Waals surface area (Å²) in [6.07, 6.45) is 7.94. The van der Waals surface area contributed by atoms with Crippen LogP contribution in [0.3, 0.4) is 0 Å². The molecule has 12 nitrogen and oxygen atoms in total. The minimum atomic E-state index is -0.608. The van der Waals surface area contributed by atoms with Crippen molar-refractivity contribution >= 4 is 18.2 Å². The van der Waals surface area contributed by atoms with Crippen LogP contribution in [0.25, 0.3) is 0 Å². The van der Waals surface area contributed by atoms with Crippen molar-refractivity contribution in [2.75, 3.05) is 40.4 Å². The predicted octanol–water partition coefficient (Wildman–Crippen LogP) is 1.31. The van der Waals surface area contributed by atoms with E-state index in [1.54, 1.807) is 25.9 Å². The van der Waals surface area contributed by atoms with Gasteiger partial charge in [-0.2, -0.15) is 0 Å². The Kier molecular flexibility index (Phi) is 10.3. The number of ether oxygens (including phenoxy) is 1. The number of rotatable bonds is 12. The first-order valence-corrected chi connectivity index (χ1v) is 15.0. The average Bonchev–Trinajstić information content (AvgIpc) is 3.43. The van der Waals surface area contributed by atoms with Crippen molar-refractivity contribution in [3.8, 4) is 5.88 Å². The van der Waals surface area contributed by atoms with Crippen LogP contribution in [0.5, 0.6) is 5.88 Å². The molecule has 0 radical (unpaired) electrons. The highest BCUT2D eigenvalue weighted by molar-refractivity contribution is 5.99. The van der Waals surface area contributed by atoms with Crippen molar-refractivity contribution in [3.05, 3.63) is 26.4 Å². The molecule has 1 aromatic heterocycles. The molecule has 1 aromatic rings. The second-order valence-electron chi connectivity index (χ2n) is 12.1. The molecular formula is C29H46N6O6. The van der Waals surface area contributed by atoms with Crippen molar-refractivity contribution in [1.82, 2.24) is 18.9 Å². The molecule has 1 aliphatic heterocycles. The van der Waals surface area contributed by atoms with E-state index < -0.39 is 23.2 Å². The van der Waals surface area contributed by atoms with Crippen LogP contribution >= 0.6 is 0 Å². The minimum Gasteiger partial charge on any atom is -0.494 e. The number of likely N-dealkylation sites (N-methyl/N-ethyl adjacent to an activating group) is 1. The third kappa shape index (κ3) is 6.85. The molecule has 2 heterocycles. The van der Waals surface area contributed by atoms with Crippen LogP contribution in [0.4, 0.5) is 0 Å². The van der Waals surface area contributed by atoms with Gasteiger partial charge in [-0.05, 0) is 63.7 Å². The summed E-state index contributed by atoms with van der Waals surface area (Å²) >= 11 is 0. The zero-order valence-corrected chi connectivity index (χ0v) is 24.7. The SMILES string of the molecule is CCN=C(N)c1c(O)n(CC2CCCC2)c(=O)n(C2CCC(CC(C(=O)N(C)C)N(C=O)CC3COC3)CC2)c1=O. The fourth-order valence-electron chi connectivity index (χ4n) is 6.63. The number of hydrogen-bond donors (Lipinski definition) is 2. The lowest BCUT2D eigenvalue weighted by Gasteiger charge is -2.38. The highest BCUT2D eigenvalue weighted by Gasteiger charge is 2.35. The molecule has 3 aliphatic rings. The normalized spacial score (nSPS) is 22.8. The van der Waals surface area contributed by atoms with Gasteiger partial charge < -0.3 is 25.4 Å². The van der Waals surface area contributed by atoms with E-state index in [1.807, 2.05) is 0 Å². The molecule has 12 heteroatoms. The predicted molar refractivity (Wildman–Crippen MR) is 155 cm³/mol. The van der Waals surface area contributed by atoms with Gasteiger partial charge in [0.1, 0.15) is 17.4 Å². The largest absolute Gasteiger partial charge is 0.494 e. The van der Waals surface area contributed by atoms with Gasteiger partial charge in [0.05, 0.1) is 13.2 Å². The zero-order valence-electron chi connectivity index (χ0n) is 24.7. The maximum atomic E-state index is 13.7. The summed E-state index contributed by atoms with van der Waals surface area (Å²) < 4.78 is 7.84. The second kappa shape index (κ2) is 13.7. The van der Waals surface area contributed by atoms with Gasteiger partial charge in [-0.25, -0.2) is 4.79 Å². The van der Waals surface area contributed by atoms with Crippen LogP contribution in [0, 0.1) is 17.8 Å². The molecule has 2 aliphatic carbocycles. The van der Waals surface area contributed by atoms with Crippen LogP contribution in [0.2, 0.25) is 0 Å². The Hall–Kier alpha value is -3.15. The Balaban J connectivity index is 1.56. The third-order valence-electron chi connectivity index (χ3n) is 9.02. The van der Waals surface area contributed by atoms with E-state index in [4.69, 9.17) is 10.5 Å². The molecule has 2 amide bonds. The Morgan fingerprint density at radius 2 is 1.76 bits per heavy atom. The minimum absolute atomic E-state index is 0.0616. The highest BCUT2D eigenvalue weighted by atomic mass is 16.5. The van der Waals surface area contributed by atoms with E-state index in [-0.39, 0.29) is 41.1 Å².